The van der Waals surface area contributed by atoms with Crippen molar-refractivity contribution in [3.05, 3.63) is 23.7 Å². The van der Waals surface area contributed by atoms with Gasteiger partial charge in [0.1, 0.15) is 12.0 Å². The van der Waals surface area contributed by atoms with Crippen LogP contribution in [0, 0.1) is 11.3 Å². The molecular weight excluding hydrogens is 236 g/mol. The summed E-state index contributed by atoms with van der Waals surface area (Å²) in [5, 5.41) is 17.4. The fourth-order valence-corrected chi connectivity index (χ4v) is 1.49. The van der Waals surface area contributed by atoms with E-state index in [0.717, 1.165) is 0 Å². The van der Waals surface area contributed by atoms with Crippen molar-refractivity contribution in [1.29, 1.82) is 5.26 Å². The van der Waals surface area contributed by atoms with Crippen molar-refractivity contribution in [3.8, 4) is 6.07 Å². The van der Waals surface area contributed by atoms with Crippen LogP contribution in [0.1, 0.15) is 22.5 Å². The second-order valence-electron chi connectivity index (χ2n) is 3.78. The lowest BCUT2D eigenvalue weighted by Crippen LogP contribution is -2.27. The highest BCUT2D eigenvalue weighted by atomic mass is 16.5. The smallest absolute Gasteiger partial charge is 0.338 e. The quantitative estimate of drug-likeness (QED) is 0.751. The number of furan rings is 1. The third kappa shape index (κ3) is 4.57. The minimum atomic E-state index is -1.01. The Morgan fingerprint density at radius 1 is 1.61 bits per heavy atom. The molecule has 1 rings (SSSR count). The fourth-order valence-electron chi connectivity index (χ4n) is 1.49. The molecule has 98 valence electrons. The van der Waals surface area contributed by atoms with Gasteiger partial charge in [0, 0.05) is 26.6 Å². The van der Waals surface area contributed by atoms with Gasteiger partial charge < -0.3 is 14.3 Å². The van der Waals surface area contributed by atoms with Gasteiger partial charge in [-0.2, -0.15) is 5.26 Å². The van der Waals surface area contributed by atoms with E-state index in [2.05, 4.69) is 6.07 Å². The number of carbonyl (C=O) groups is 1. The maximum absolute atomic E-state index is 10.7. The summed E-state index contributed by atoms with van der Waals surface area (Å²) in [6.45, 7) is 2.29. The van der Waals surface area contributed by atoms with E-state index in [1.807, 2.05) is 4.90 Å². The average Bonchev–Trinajstić information content (AvgIpc) is 2.81. The monoisotopic (exact) mass is 252 g/mol. The number of aromatic carboxylic acids is 1. The van der Waals surface area contributed by atoms with Gasteiger partial charge in [0.25, 0.3) is 0 Å². The van der Waals surface area contributed by atoms with E-state index in [4.69, 9.17) is 19.5 Å². The number of rotatable bonds is 8. The van der Waals surface area contributed by atoms with Crippen LogP contribution in [0.5, 0.6) is 0 Å². The highest BCUT2D eigenvalue weighted by Crippen LogP contribution is 2.11. The molecule has 0 atom stereocenters. The zero-order valence-corrected chi connectivity index (χ0v) is 10.3. The highest BCUT2D eigenvalue weighted by molar-refractivity contribution is 5.87. The Balaban J connectivity index is 2.57. The maximum Gasteiger partial charge on any atom is 0.338 e. The Labute approximate surface area is 105 Å². The predicted octanol–water partition coefficient (Wildman–Crippen LogP) is 1.34. The molecule has 0 bridgehead atoms. The molecule has 1 aromatic rings. The zero-order valence-electron chi connectivity index (χ0n) is 10.3. The summed E-state index contributed by atoms with van der Waals surface area (Å²) < 4.78 is 10.2. The van der Waals surface area contributed by atoms with Gasteiger partial charge in [0.2, 0.25) is 0 Å². The Morgan fingerprint density at radius 2 is 2.39 bits per heavy atom. The van der Waals surface area contributed by atoms with Gasteiger partial charge >= 0.3 is 5.97 Å². The first kappa shape index (κ1) is 14.2. The molecule has 1 N–H and O–H groups in total. The predicted molar refractivity (Wildman–Crippen MR) is 63.1 cm³/mol. The van der Waals surface area contributed by atoms with Crippen LogP contribution >= 0.6 is 0 Å². The Morgan fingerprint density at radius 3 is 2.94 bits per heavy atom. The van der Waals surface area contributed by atoms with Gasteiger partial charge in [-0.25, -0.2) is 4.79 Å². The van der Waals surface area contributed by atoms with Crippen LogP contribution in [0.4, 0.5) is 0 Å². The molecule has 0 radical (unpaired) electrons. The van der Waals surface area contributed by atoms with Crippen molar-refractivity contribution < 1.29 is 19.1 Å². The Bertz CT molecular complexity index is 422. The van der Waals surface area contributed by atoms with E-state index in [1.165, 1.54) is 12.3 Å². The summed E-state index contributed by atoms with van der Waals surface area (Å²) >= 11 is 0. The molecule has 0 aliphatic heterocycles. The molecule has 0 saturated heterocycles. The third-order valence-corrected chi connectivity index (χ3v) is 2.43. The SMILES string of the molecule is COCCN(CCC#N)Cc1cc(C(=O)O)co1. The summed E-state index contributed by atoms with van der Waals surface area (Å²) in [7, 11) is 1.61. The fraction of sp³-hybridized carbons (Fsp3) is 0.500. The topological polar surface area (TPSA) is 86.7 Å². The summed E-state index contributed by atoms with van der Waals surface area (Å²) in [6, 6.07) is 3.57. The minimum absolute atomic E-state index is 0.136. The van der Waals surface area contributed by atoms with Gasteiger partial charge in [-0.1, -0.05) is 0 Å². The van der Waals surface area contributed by atoms with Crippen LogP contribution in [-0.2, 0) is 11.3 Å². The summed E-state index contributed by atoms with van der Waals surface area (Å²) in [6.07, 6.45) is 1.63. The molecular formula is C12H16N2O4. The van der Waals surface area contributed by atoms with Crippen LogP contribution < -0.4 is 0 Å². The average molecular weight is 252 g/mol. The molecule has 0 spiro atoms. The van der Waals surface area contributed by atoms with Gasteiger partial charge in [0.05, 0.1) is 24.8 Å². The summed E-state index contributed by atoms with van der Waals surface area (Å²) in [5.41, 5.74) is 0.136. The van der Waals surface area contributed by atoms with Crippen molar-refractivity contribution in [3.63, 3.8) is 0 Å². The normalized spacial score (nSPS) is 10.5. The van der Waals surface area contributed by atoms with E-state index >= 15 is 0 Å². The number of carboxylic acids is 1. The Hall–Kier alpha value is -1.84. The first-order chi connectivity index (χ1) is 8.67. The van der Waals surface area contributed by atoms with Gasteiger partial charge in [0.15, 0.2) is 0 Å². The van der Waals surface area contributed by atoms with Crippen LogP contribution in [-0.4, -0.2) is 42.8 Å². The molecule has 0 saturated carbocycles. The number of ether oxygens (including phenoxy) is 1. The van der Waals surface area contributed by atoms with Crippen molar-refractivity contribution >= 4 is 5.97 Å². The third-order valence-electron chi connectivity index (χ3n) is 2.43. The lowest BCUT2D eigenvalue weighted by molar-refractivity contribution is 0.0696. The standard InChI is InChI=1S/C12H16N2O4/c1-17-6-5-14(4-2-3-13)8-11-7-10(9-18-11)12(15)16/h7,9H,2,4-6,8H2,1H3,(H,15,16). The van der Waals surface area contributed by atoms with E-state index < -0.39 is 5.97 Å². The van der Waals surface area contributed by atoms with Gasteiger partial charge in [-0.05, 0) is 6.07 Å². The molecule has 1 aromatic heterocycles. The first-order valence-electron chi connectivity index (χ1n) is 5.56. The Kier molecular flexibility index (Phi) is 5.91. The summed E-state index contributed by atoms with van der Waals surface area (Å²) in [5.74, 6) is -0.438. The molecule has 18 heavy (non-hydrogen) atoms. The minimum Gasteiger partial charge on any atom is -0.478 e. The molecule has 0 aliphatic rings. The molecule has 6 nitrogen and oxygen atoms in total. The zero-order chi connectivity index (χ0) is 13.4. The molecule has 0 aromatic carbocycles. The second kappa shape index (κ2) is 7.48. The van der Waals surface area contributed by atoms with Gasteiger partial charge in [-0.15, -0.1) is 0 Å². The van der Waals surface area contributed by atoms with Crippen molar-refractivity contribution in [2.24, 2.45) is 0 Å². The number of nitrogens with zero attached hydrogens (tertiary/aromatic N) is 2. The molecule has 0 fully saturated rings. The van der Waals surface area contributed by atoms with Crippen molar-refractivity contribution in [2.75, 3.05) is 26.8 Å². The highest BCUT2D eigenvalue weighted by Gasteiger charge is 2.12. The van der Waals surface area contributed by atoms with Crippen LogP contribution in [0.15, 0.2) is 16.7 Å². The lowest BCUT2D eigenvalue weighted by atomic mass is 10.3. The van der Waals surface area contributed by atoms with E-state index in [9.17, 15) is 4.79 Å². The van der Waals surface area contributed by atoms with Crippen LogP contribution in [0.3, 0.4) is 0 Å². The molecule has 0 amide bonds. The van der Waals surface area contributed by atoms with Crippen molar-refractivity contribution in [2.45, 2.75) is 13.0 Å². The first-order valence-corrected chi connectivity index (χ1v) is 5.56. The molecule has 6 heteroatoms. The number of carboxylic acid groups (broad SMARTS) is 1. The second-order valence-corrected chi connectivity index (χ2v) is 3.78. The van der Waals surface area contributed by atoms with E-state index in [0.29, 0.717) is 38.4 Å². The lowest BCUT2D eigenvalue weighted by Gasteiger charge is -2.19. The largest absolute Gasteiger partial charge is 0.478 e. The molecule has 0 aliphatic carbocycles. The van der Waals surface area contributed by atoms with E-state index in [-0.39, 0.29) is 5.56 Å². The number of nitriles is 1. The van der Waals surface area contributed by atoms with Crippen LogP contribution in [0.2, 0.25) is 0 Å². The number of methoxy groups -OCH3 is 1. The molecule has 0 unspecified atom stereocenters. The number of hydrogen-bond donors (Lipinski definition) is 1. The molecule has 1 heterocycles. The van der Waals surface area contributed by atoms with Crippen LogP contribution in [0.25, 0.3) is 0 Å². The van der Waals surface area contributed by atoms with E-state index in [1.54, 1.807) is 7.11 Å². The maximum atomic E-state index is 10.7. The van der Waals surface area contributed by atoms with Gasteiger partial charge in [-0.3, -0.25) is 4.90 Å². The van der Waals surface area contributed by atoms with Crippen molar-refractivity contribution in [1.82, 2.24) is 4.90 Å². The summed E-state index contributed by atoms with van der Waals surface area (Å²) in [4.78, 5) is 12.7. The number of hydrogen-bond acceptors (Lipinski definition) is 5.